The van der Waals surface area contributed by atoms with Crippen LogP contribution in [-0.4, -0.2) is 36.2 Å². The number of hydrogen-bond acceptors (Lipinski definition) is 6. The Labute approximate surface area is 167 Å². The van der Waals surface area contributed by atoms with E-state index in [1.54, 1.807) is 30.7 Å². The summed E-state index contributed by atoms with van der Waals surface area (Å²) in [5.74, 6) is 0.699. The smallest absolute Gasteiger partial charge is 0.249 e. The van der Waals surface area contributed by atoms with Gasteiger partial charge in [0, 0.05) is 25.0 Å². The molecule has 1 saturated heterocycles. The maximum absolute atomic E-state index is 12.0. The number of nitrogens with zero attached hydrogens (tertiary/aromatic N) is 2. The molecule has 0 spiro atoms. The van der Waals surface area contributed by atoms with Gasteiger partial charge in [0.2, 0.25) is 5.91 Å². The van der Waals surface area contributed by atoms with Crippen molar-refractivity contribution in [1.29, 1.82) is 0 Å². The van der Waals surface area contributed by atoms with Crippen LogP contribution in [0.2, 0.25) is 0 Å². The molecular formula is C21H23N3O3S. The third-order valence-electron chi connectivity index (χ3n) is 5.26. The van der Waals surface area contributed by atoms with Crippen LogP contribution in [0.5, 0.6) is 5.75 Å². The number of pyridine rings is 1. The number of thiazole rings is 1. The molecule has 1 aromatic carbocycles. The highest BCUT2D eigenvalue weighted by Gasteiger charge is 2.24. The van der Waals surface area contributed by atoms with Crippen LogP contribution in [0.1, 0.15) is 47.3 Å². The Kier molecular flexibility index (Phi) is 5.28. The number of primary amides is 1. The Morgan fingerprint density at radius 2 is 2.11 bits per heavy atom. The number of ether oxygens (including phenoxy) is 2. The van der Waals surface area contributed by atoms with E-state index in [-0.39, 0.29) is 0 Å². The number of amides is 1. The van der Waals surface area contributed by atoms with E-state index in [9.17, 15) is 4.79 Å². The standard InChI is InChI=1S/C21H23N3O3S/c1-3-15-17(14(20(22)25)6-9-23-15)21-24-18-16(26-2)5-4-13(19(18)28-21)12-7-10-27-11-8-12/h4-6,9,12H,3,7-8,10-11H2,1-2H3,(H2,22,25). The molecule has 3 heterocycles. The summed E-state index contributed by atoms with van der Waals surface area (Å²) < 4.78 is 12.2. The van der Waals surface area contributed by atoms with Crippen molar-refractivity contribution in [3.05, 3.63) is 41.2 Å². The number of carbonyl (C=O) groups excluding carboxylic acids is 1. The van der Waals surface area contributed by atoms with Crippen molar-refractivity contribution in [3.8, 4) is 16.3 Å². The van der Waals surface area contributed by atoms with E-state index in [1.807, 2.05) is 13.0 Å². The minimum atomic E-state index is -0.469. The summed E-state index contributed by atoms with van der Waals surface area (Å²) in [5, 5.41) is 0.756. The van der Waals surface area contributed by atoms with E-state index < -0.39 is 5.91 Å². The number of hydrogen-bond donors (Lipinski definition) is 1. The van der Waals surface area contributed by atoms with E-state index >= 15 is 0 Å². The highest BCUT2D eigenvalue weighted by molar-refractivity contribution is 7.22. The lowest BCUT2D eigenvalue weighted by Gasteiger charge is -2.23. The highest BCUT2D eigenvalue weighted by Crippen LogP contribution is 2.42. The van der Waals surface area contributed by atoms with Crippen molar-refractivity contribution in [3.63, 3.8) is 0 Å². The van der Waals surface area contributed by atoms with Gasteiger partial charge in [0.05, 0.1) is 23.1 Å². The normalized spacial score (nSPS) is 15.1. The molecule has 0 radical (unpaired) electrons. The van der Waals surface area contributed by atoms with E-state index in [2.05, 4.69) is 11.1 Å². The third kappa shape index (κ3) is 3.25. The third-order valence-corrected chi connectivity index (χ3v) is 6.38. The van der Waals surface area contributed by atoms with Crippen LogP contribution < -0.4 is 10.5 Å². The minimum Gasteiger partial charge on any atom is -0.494 e. The summed E-state index contributed by atoms with van der Waals surface area (Å²) >= 11 is 1.58. The summed E-state index contributed by atoms with van der Waals surface area (Å²) in [4.78, 5) is 21.4. The molecule has 28 heavy (non-hydrogen) atoms. The first-order chi connectivity index (χ1) is 13.6. The average molecular weight is 398 g/mol. The van der Waals surface area contributed by atoms with Gasteiger partial charge >= 0.3 is 0 Å². The fourth-order valence-corrected chi connectivity index (χ4v) is 5.08. The van der Waals surface area contributed by atoms with Gasteiger partial charge < -0.3 is 15.2 Å². The topological polar surface area (TPSA) is 87.3 Å². The quantitative estimate of drug-likeness (QED) is 0.705. The number of carbonyl (C=O) groups is 1. The second kappa shape index (κ2) is 7.85. The largest absolute Gasteiger partial charge is 0.494 e. The Bertz CT molecular complexity index is 1030. The number of fused-ring (bicyclic) bond motifs is 1. The molecule has 1 aliphatic heterocycles. The Balaban J connectivity index is 1.94. The van der Waals surface area contributed by atoms with Crippen LogP contribution in [0.4, 0.5) is 0 Å². The SMILES string of the molecule is CCc1nccc(C(N)=O)c1-c1nc2c(OC)ccc(C3CCOCC3)c2s1. The molecule has 0 unspecified atom stereocenters. The van der Waals surface area contributed by atoms with Crippen molar-refractivity contribution in [2.24, 2.45) is 5.73 Å². The Morgan fingerprint density at radius 3 is 2.79 bits per heavy atom. The van der Waals surface area contributed by atoms with E-state index in [0.29, 0.717) is 17.9 Å². The highest BCUT2D eigenvalue weighted by atomic mass is 32.1. The molecule has 4 rings (SSSR count). The fourth-order valence-electron chi connectivity index (χ4n) is 3.82. The second-order valence-electron chi connectivity index (χ2n) is 6.84. The van der Waals surface area contributed by atoms with Gasteiger partial charge in [-0.25, -0.2) is 4.98 Å². The molecule has 2 N–H and O–H groups in total. The van der Waals surface area contributed by atoms with Crippen LogP contribution in [0.3, 0.4) is 0 Å². The zero-order valence-electron chi connectivity index (χ0n) is 16.0. The van der Waals surface area contributed by atoms with E-state index in [4.69, 9.17) is 20.2 Å². The van der Waals surface area contributed by atoms with Crippen molar-refractivity contribution in [2.75, 3.05) is 20.3 Å². The molecule has 1 amide bonds. The molecule has 6 nitrogen and oxygen atoms in total. The Hall–Kier alpha value is -2.51. The molecule has 146 valence electrons. The predicted octanol–water partition coefficient (Wildman–Crippen LogP) is 3.92. The van der Waals surface area contributed by atoms with Crippen LogP contribution in [0.25, 0.3) is 20.8 Å². The number of aromatic nitrogens is 2. The number of rotatable bonds is 5. The minimum absolute atomic E-state index is 0.436. The molecule has 2 aromatic heterocycles. The van der Waals surface area contributed by atoms with Gasteiger partial charge in [-0.15, -0.1) is 11.3 Å². The zero-order chi connectivity index (χ0) is 19.7. The van der Waals surface area contributed by atoms with E-state index in [1.165, 1.54) is 5.56 Å². The summed E-state index contributed by atoms with van der Waals surface area (Å²) in [6, 6.07) is 5.78. The van der Waals surface area contributed by atoms with Gasteiger partial charge in [-0.2, -0.15) is 0 Å². The number of nitrogens with two attached hydrogens (primary N) is 1. The first-order valence-electron chi connectivity index (χ1n) is 9.47. The molecule has 7 heteroatoms. The molecule has 1 fully saturated rings. The van der Waals surface area contributed by atoms with Gasteiger partial charge in [0.15, 0.2) is 0 Å². The van der Waals surface area contributed by atoms with Crippen LogP contribution in [0, 0.1) is 0 Å². The Morgan fingerprint density at radius 1 is 1.32 bits per heavy atom. The van der Waals surface area contributed by atoms with Gasteiger partial charge in [-0.1, -0.05) is 13.0 Å². The van der Waals surface area contributed by atoms with Crippen LogP contribution >= 0.6 is 11.3 Å². The molecule has 0 saturated carbocycles. The van der Waals surface area contributed by atoms with Crippen molar-refractivity contribution in [2.45, 2.75) is 32.1 Å². The first kappa shape index (κ1) is 18.8. The predicted molar refractivity (Wildman–Crippen MR) is 110 cm³/mol. The van der Waals surface area contributed by atoms with Crippen LogP contribution in [0.15, 0.2) is 24.4 Å². The number of aryl methyl sites for hydroxylation is 1. The van der Waals surface area contributed by atoms with Gasteiger partial charge in [0.1, 0.15) is 16.3 Å². The summed E-state index contributed by atoms with van der Waals surface area (Å²) in [6.45, 7) is 3.56. The zero-order valence-corrected chi connectivity index (χ0v) is 16.8. The fraction of sp³-hybridized carbons (Fsp3) is 0.381. The molecule has 1 aliphatic rings. The molecule has 0 bridgehead atoms. The molecule has 0 atom stereocenters. The lowest BCUT2D eigenvalue weighted by molar-refractivity contribution is 0.0856. The maximum atomic E-state index is 12.0. The number of methoxy groups -OCH3 is 1. The average Bonchev–Trinajstić information content (AvgIpc) is 3.18. The second-order valence-corrected chi connectivity index (χ2v) is 7.84. The van der Waals surface area contributed by atoms with Gasteiger partial charge in [-0.3, -0.25) is 9.78 Å². The van der Waals surface area contributed by atoms with Crippen molar-refractivity contribution in [1.82, 2.24) is 9.97 Å². The molecular weight excluding hydrogens is 374 g/mol. The van der Waals surface area contributed by atoms with E-state index in [0.717, 1.165) is 58.3 Å². The molecule has 3 aromatic rings. The first-order valence-corrected chi connectivity index (χ1v) is 10.3. The van der Waals surface area contributed by atoms with Crippen molar-refractivity contribution >= 4 is 27.5 Å². The van der Waals surface area contributed by atoms with Crippen molar-refractivity contribution < 1.29 is 14.3 Å². The summed E-state index contributed by atoms with van der Waals surface area (Å²) in [5.41, 5.74) is 9.75. The summed E-state index contributed by atoms with van der Waals surface area (Å²) in [7, 11) is 1.65. The maximum Gasteiger partial charge on any atom is 0.249 e. The molecule has 0 aliphatic carbocycles. The summed E-state index contributed by atoms with van der Waals surface area (Å²) in [6.07, 6.45) is 4.31. The lowest BCUT2D eigenvalue weighted by Crippen LogP contribution is -2.14. The van der Waals surface area contributed by atoms with Gasteiger partial charge in [0.25, 0.3) is 0 Å². The number of benzene rings is 1. The monoisotopic (exact) mass is 397 g/mol. The van der Waals surface area contributed by atoms with Crippen LogP contribution in [-0.2, 0) is 11.2 Å². The van der Waals surface area contributed by atoms with Gasteiger partial charge in [-0.05, 0) is 42.9 Å². The lowest BCUT2D eigenvalue weighted by atomic mass is 9.91.